The fourth-order valence-corrected chi connectivity index (χ4v) is 3.06. The van der Waals surface area contributed by atoms with Gasteiger partial charge in [-0.05, 0) is 38.3 Å². The minimum absolute atomic E-state index is 0.0625. The van der Waals surface area contributed by atoms with Gasteiger partial charge in [0.1, 0.15) is 23.8 Å². The fraction of sp³-hybridized carbons (Fsp3) is 0.368. The van der Waals surface area contributed by atoms with Gasteiger partial charge in [-0.1, -0.05) is 29.9 Å². The molecule has 132 valence electrons. The number of aromatic nitrogens is 1. The summed E-state index contributed by atoms with van der Waals surface area (Å²) in [5.41, 5.74) is 1.46. The number of para-hydroxylation sites is 2. The fourth-order valence-electron chi connectivity index (χ4n) is 3.06. The first-order chi connectivity index (χ1) is 12.2. The van der Waals surface area contributed by atoms with Gasteiger partial charge >= 0.3 is 6.03 Å². The molecule has 1 N–H and O–H groups in total. The minimum atomic E-state index is -0.153. The molecule has 0 saturated carbocycles. The number of carbonyl (C=O) groups excluding carboxylic acids is 1. The van der Waals surface area contributed by atoms with E-state index in [9.17, 15) is 4.79 Å². The molecule has 6 nitrogen and oxygen atoms in total. The van der Waals surface area contributed by atoms with E-state index < -0.39 is 0 Å². The van der Waals surface area contributed by atoms with E-state index in [1.54, 1.807) is 6.08 Å². The number of hydrogen-bond acceptors (Lipinski definition) is 4. The third-order valence-corrected chi connectivity index (χ3v) is 4.24. The SMILES string of the molecule is C=CCOc1ccccc1NC(=O)N1CCCC[C@@H]1c1cc(C)on1. The summed E-state index contributed by atoms with van der Waals surface area (Å²) in [6.45, 7) is 6.59. The first-order valence-electron chi connectivity index (χ1n) is 8.52. The van der Waals surface area contributed by atoms with Crippen molar-refractivity contribution in [2.45, 2.75) is 32.2 Å². The zero-order chi connectivity index (χ0) is 17.6. The zero-order valence-corrected chi connectivity index (χ0v) is 14.4. The lowest BCUT2D eigenvalue weighted by Crippen LogP contribution is -2.41. The van der Waals surface area contributed by atoms with Gasteiger partial charge in [0.25, 0.3) is 0 Å². The van der Waals surface area contributed by atoms with Crippen molar-refractivity contribution in [1.82, 2.24) is 10.1 Å². The molecule has 25 heavy (non-hydrogen) atoms. The lowest BCUT2D eigenvalue weighted by atomic mass is 9.99. The van der Waals surface area contributed by atoms with Gasteiger partial charge in [-0.15, -0.1) is 0 Å². The topological polar surface area (TPSA) is 67.6 Å². The van der Waals surface area contributed by atoms with Gasteiger partial charge in [0, 0.05) is 12.6 Å². The second-order valence-electron chi connectivity index (χ2n) is 6.09. The summed E-state index contributed by atoms with van der Waals surface area (Å²) in [7, 11) is 0. The highest BCUT2D eigenvalue weighted by molar-refractivity contribution is 5.91. The first kappa shape index (κ1) is 17.1. The van der Waals surface area contributed by atoms with E-state index in [0.717, 1.165) is 30.7 Å². The van der Waals surface area contributed by atoms with Gasteiger partial charge in [0.2, 0.25) is 0 Å². The van der Waals surface area contributed by atoms with Crippen LogP contribution in [-0.4, -0.2) is 29.2 Å². The summed E-state index contributed by atoms with van der Waals surface area (Å²) in [6, 6.07) is 9.08. The van der Waals surface area contributed by atoms with Gasteiger partial charge in [-0.3, -0.25) is 0 Å². The Labute approximate surface area is 147 Å². The number of piperidine rings is 1. The van der Waals surface area contributed by atoms with E-state index in [4.69, 9.17) is 9.26 Å². The van der Waals surface area contributed by atoms with Crippen LogP contribution in [0.4, 0.5) is 10.5 Å². The van der Waals surface area contributed by atoms with Crippen molar-refractivity contribution in [3.63, 3.8) is 0 Å². The van der Waals surface area contributed by atoms with E-state index in [1.165, 1.54) is 0 Å². The Hall–Kier alpha value is -2.76. The van der Waals surface area contributed by atoms with Crippen LogP contribution in [0, 0.1) is 6.92 Å². The highest BCUT2D eigenvalue weighted by Crippen LogP contribution is 2.32. The van der Waals surface area contributed by atoms with Crippen LogP contribution in [0.15, 0.2) is 47.5 Å². The number of urea groups is 1. The van der Waals surface area contributed by atoms with Crippen LogP contribution >= 0.6 is 0 Å². The van der Waals surface area contributed by atoms with E-state index in [1.807, 2.05) is 42.2 Å². The van der Waals surface area contributed by atoms with Crippen LogP contribution in [0.5, 0.6) is 5.75 Å². The van der Waals surface area contributed by atoms with Crippen molar-refractivity contribution in [1.29, 1.82) is 0 Å². The van der Waals surface area contributed by atoms with Crippen LogP contribution < -0.4 is 10.1 Å². The monoisotopic (exact) mass is 341 g/mol. The third-order valence-electron chi connectivity index (χ3n) is 4.24. The molecule has 1 atom stereocenters. The van der Waals surface area contributed by atoms with Crippen molar-refractivity contribution in [2.75, 3.05) is 18.5 Å². The Kier molecular flexibility index (Phi) is 5.38. The summed E-state index contributed by atoms with van der Waals surface area (Å²) in [5.74, 6) is 1.38. The predicted molar refractivity (Wildman–Crippen MR) is 95.7 cm³/mol. The Balaban J connectivity index is 1.76. The third kappa shape index (κ3) is 4.02. The molecule has 6 heteroatoms. The molecule has 2 heterocycles. The van der Waals surface area contributed by atoms with Gasteiger partial charge in [-0.25, -0.2) is 4.79 Å². The molecule has 0 radical (unpaired) electrons. The number of aryl methyl sites for hydroxylation is 1. The second kappa shape index (κ2) is 7.88. The zero-order valence-electron chi connectivity index (χ0n) is 14.4. The predicted octanol–water partition coefficient (Wildman–Crippen LogP) is 4.31. The summed E-state index contributed by atoms with van der Waals surface area (Å²) < 4.78 is 10.8. The van der Waals surface area contributed by atoms with E-state index >= 15 is 0 Å². The van der Waals surface area contributed by atoms with Crippen LogP contribution in [0.1, 0.15) is 36.8 Å². The highest BCUT2D eigenvalue weighted by Gasteiger charge is 2.30. The molecule has 0 bridgehead atoms. The lowest BCUT2D eigenvalue weighted by Gasteiger charge is -2.34. The standard InChI is InChI=1S/C19H23N3O3/c1-3-12-24-18-10-5-4-8-15(18)20-19(23)22-11-7-6-9-17(22)16-13-14(2)25-21-16/h3-5,8,10,13,17H,1,6-7,9,11-12H2,2H3,(H,20,23)/t17-/m1/s1. The summed E-state index contributed by atoms with van der Waals surface area (Å²) in [6.07, 6.45) is 4.61. The maximum absolute atomic E-state index is 12.9. The molecule has 2 amide bonds. The van der Waals surface area contributed by atoms with Crippen molar-refractivity contribution >= 4 is 11.7 Å². The molecular weight excluding hydrogens is 318 g/mol. The van der Waals surface area contributed by atoms with Gasteiger partial charge < -0.3 is 19.5 Å². The Morgan fingerprint density at radius 1 is 1.48 bits per heavy atom. The molecule has 1 aliphatic heterocycles. The van der Waals surface area contributed by atoms with E-state index in [0.29, 0.717) is 24.6 Å². The first-order valence-corrected chi connectivity index (χ1v) is 8.52. The molecule has 1 aromatic carbocycles. The van der Waals surface area contributed by atoms with Crippen LogP contribution in [0.25, 0.3) is 0 Å². The number of benzene rings is 1. The van der Waals surface area contributed by atoms with Crippen LogP contribution in [0.2, 0.25) is 0 Å². The normalized spacial score (nSPS) is 17.2. The molecular formula is C19H23N3O3. The van der Waals surface area contributed by atoms with Crippen LogP contribution in [-0.2, 0) is 0 Å². The molecule has 3 rings (SSSR count). The molecule has 0 aliphatic carbocycles. The number of hydrogen-bond donors (Lipinski definition) is 1. The van der Waals surface area contributed by atoms with Crippen molar-refractivity contribution < 1.29 is 14.1 Å². The minimum Gasteiger partial charge on any atom is -0.487 e. The average molecular weight is 341 g/mol. The van der Waals surface area contributed by atoms with Gasteiger partial charge in [0.05, 0.1) is 11.7 Å². The smallest absolute Gasteiger partial charge is 0.322 e. The number of rotatable bonds is 5. The number of nitrogens with one attached hydrogen (secondary N) is 1. The maximum Gasteiger partial charge on any atom is 0.322 e. The van der Waals surface area contributed by atoms with Crippen LogP contribution in [0.3, 0.4) is 0 Å². The number of ether oxygens (including phenoxy) is 1. The number of amides is 2. The Morgan fingerprint density at radius 3 is 3.08 bits per heavy atom. The lowest BCUT2D eigenvalue weighted by molar-refractivity contribution is 0.159. The molecule has 1 aliphatic rings. The number of carbonyl (C=O) groups is 1. The van der Waals surface area contributed by atoms with Crippen molar-refractivity contribution in [3.05, 3.63) is 54.4 Å². The van der Waals surface area contributed by atoms with E-state index in [2.05, 4.69) is 17.1 Å². The maximum atomic E-state index is 12.9. The number of anilines is 1. The Morgan fingerprint density at radius 2 is 2.32 bits per heavy atom. The highest BCUT2D eigenvalue weighted by atomic mass is 16.5. The summed E-state index contributed by atoms with van der Waals surface area (Å²) in [5, 5.41) is 7.07. The molecule has 1 saturated heterocycles. The second-order valence-corrected chi connectivity index (χ2v) is 6.09. The molecule has 2 aromatic rings. The van der Waals surface area contributed by atoms with Crippen molar-refractivity contribution in [3.8, 4) is 5.75 Å². The number of nitrogens with zero attached hydrogens (tertiary/aromatic N) is 2. The quantitative estimate of drug-likeness (QED) is 0.823. The Bertz CT molecular complexity index is 741. The van der Waals surface area contributed by atoms with E-state index in [-0.39, 0.29) is 12.1 Å². The molecule has 1 aromatic heterocycles. The number of likely N-dealkylation sites (tertiary alicyclic amines) is 1. The average Bonchev–Trinajstić information content (AvgIpc) is 3.07. The van der Waals surface area contributed by atoms with Gasteiger partial charge in [0.15, 0.2) is 0 Å². The van der Waals surface area contributed by atoms with Gasteiger partial charge in [-0.2, -0.15) is 0 Å². The summed E-state index contributed by atoms with van der Waals surface area (Å²) >= 11 is 0. The largest absolute Gasteiger partial charge is 0.487 e. The molecule has 1 fully saturated rings. The molecule has 0 spiro atoms. The van der Waals surface area contributed by atoms with Crippen molar-refractivity contribution in [2.24, 2.45) is 0 Å². The molecule has 0 unspecified atom stereocenters. The summed E-state index contributed by atoms with van der Waals surface area (Å²) in [4.78, 5) is 14.7.